The molecule has 0 bridgehead atoms. The topological polar surface area (TPSA) is 229 Å². The molecule has 2 aromatic heterocycles. The minimum Gasteiger partial charge on any atom is -0.480 e. The molecule has 14 nitrogen and oxygen atoms in total. The van der Waals surface area contributed by atoms with Gasteiger partial charge in [-0.3, -0.25) is 14.2 Å². The van der Waals surface area contributed by atoms with Crippen LogP contribution in [0.5, 0.6) is 0 Å². The number of ether oxygens (including phenoxy) is 1. The van der Waals surface area contributed by atoms with Gasteiger partial charge in [0.05, 0.1) is 6.33 Å². The van der Waals surface area contributed by atoms with Crippen molar-refractivity contribution in [2.75, 3.05) is 25.4 Å². The Kier molecular flexibility index (Phi) is 8.72. The molecule has 5 atom stereocenters. The lowest BCUT2D eigenvalue weighted by Crippen LogP contribution is -2.43. The molecular weight excluding hydrogens is 508 g/mol. The van der Waals surface area contributed by atoms with E-state index < -0.39 is 42.5 Å². The zero-order valence-electron chi connectivity index (χ0n) is 21.6. The average molecular weight is 543 g/mol. The molecule has 1 saturated heterocycles. The number of nitrogens with zero attached hydrogens (tertiary/aromatic N) is 5. The van der Waals surface area contributed by atoms with Gasteiger partial charge in [-0.1, -0.05) is 6.07 Å². The number of aryl methyl sites for hydroxylation is 2. The fourth-order valence-corrected chi connectivity index (χ4v) is 4.75. The molecule has 9 N–H and O–H groups in total. The summed E-state index contributed by atoms with van der Waals surface area (Å²) in [7, 11) is 0. The number of anilines is 1. The van der Waals surface area contributed by atoms with Gasteiger partial charge in [0, 0.05) is 18.7 Å². The maximum absolute atomic E-state index is 11.6. The highest BCUT2D eigenvalue weighted by Gasteiger charge is 2.44. The summed E-state index contributed by atoms with van der Waals surface area (Å²) in [4.78, 5) is 37.1. The standard InChI is InChI=1S/C25H34N8O6/c1-13-4-5-15(22(28)36)9-14(13)3-2-7-32(8-6-16(26)25(37)38)10-17-19(34)20(35)24(39-17)33-12-31-18-21(27)29-11-30-23(18)33/h4-5,9,11-12,16-17,19-20,24,34-35H,2-3,6-8,10,26H2,1H3,(H2,28,36)(H,37,38)(H2,27,29,30)/t16-,17+,19+,20+,24+/m0/s1. The Labute approximate surface area is 224 Å². The number of amides is 1. The van der Waals surface area contributed by atoms with Crippen LogP contribution in [0.1, 0.15) is 40.6 Å². The fraction of sp³-hybridized carbons (Fsp3) is 0.480. The van der Waals surface area contributed by atoms with Crippen molar-refractivity contribution in [2.45, 2.75) is 56.8 Å². The summed E-state index contributed by atoms with van der Waals surface area (Å²) in [6, 6.07) is 4.27. The number of fused-ring (bicyclic) bond motifs is 1. The Balaban J connectivity index is 1.46. The van der Waals surface area contributed by atoms with Crippen LogP contribution in [0.4, 0.5) is 5.82 Å². The molecule has 14 heteroatoms. The summed E-state index contributed by atoms with van der Waals surface area (Å²) in [6.07, 6.45) is -0.0531. The van der Waals surface area contributed by atoms with Gasteiger partial charge in [0.1, 0.15) is 36.2 Å². The Hall–Kier alpha value is -3.69. The SMILES string of the molecule is Cc1ccc(C(N)=O)cc1CCCN(CC[C@H](N)C(=O)O)C[C@H]1O[C@@H](n2cnc3c(N)ncnc32)[C@H](O)[C@@H]1O. The number of nitrogens with two attached hydrogens (primary N) is 3. The number of carboxylic acids is 1. The van der Waals surface area contributed by atoms with Crippen LogP contribution in [0.3, 0.4) is 0 Å². The number of aromatic nitrogens is 4. The van der Waals surface area contributed by atoms with E-state index in [0.29, 0.717) is 42.7 Å². The molecule has 39 heavy (non-hydrogen) atoms. The number of benzene rings is 1. The molecule has 0 radical (unpaired) electrons. The molecule has 0 saturated carbocycles. The second-order valence-corrected chi connectivity index (χ2v) is 9.77. The fourth-order valence-electron chi connectivity index (χ4n) is 4.75. The van der Waals surface area contributed by atoms with Gasteiger partial charge in [-0.15, -0.1) is 0 Å². The summed E-state index contributed by atoms with van der Waals surface area (Å²) in [5, 5.41) is 30.9. The lowest BCUT2D eigenvalue weighted by Gasteiger charge is -2.27. The highest BCUT2D eigenvalue weighted by atomic mass is 16.6. The monoisotopic (exact) mass is 542 g/mol. The number of aliphatic hydroxyl groups excluding tert-OH is 2. The van der Waals surface area contributed by atoms with E-state index in [-0.39, 0.29) is 18.8 Å². The van der Waals surface area contributed by atoms with Crippen molar-refractivity contribution in [3.05, 3.63) is 47.5 Å². The van der Waals surface area contributed by atoms with Gasteiger partial charge in [0.25, 0.3) is 0 Å². The van der Waals surface area contributed by atoms with E-state index >= 15 is 0 Å². The van der Waals surface area contributed by atoms with Crippen LogP contribution in [0.25, 0.3) is 11.2 Å². The highest BCUT2D eigenvalue weighted by molar-refractivity contribution is 5.93. The van der Waals surface area contributed by atoms with Crippen LogP contribution in [-0.2, 0) is 16.0 Å². The normalized spacial score (nSPS) is 22.0. The van der Waals surface area contributed by atoms with Crippen LogP contribution < -0.4 is 17.2 Å². The van der Waals surface area contributed by atoms with Crippen molar-refractivity contribution in [2.24, 2.45) is 11.5 Å². The number of aliphatic carboxylic acids is 1. The zero-order valence-corrected chi connectivity index (χ0v) is 21.6. The average Bonchev–Trinajstić information content (AvgIpc) is 3.45. The van der Waals surface area contributed by atoms with Gasteiger partial charge in [0.2, 0.25) is 5.91 Å². The lowest BCUT2D eigenvalue weighted by atomic mass is 10.0. The molecule has 4 rings (SSSR count). The number of carboxylic acid groups (broad SMARTS) is 1. The predicted molar refractivity (Wildman–Crippen MR) is 140 cm³/mol. The van der Waals surface area contributed by atoms with E-state index in [1.54, 1.807) is 12.1 Å². The summed E-state index contributed by atoms with van der Waals surface area (Å²) in [5.41, 5.74) is 20.2. The van der Waals surface area contributed by atoms with E-state index in [9.17, 15) is 24.9 Å². The number of carbonyl (C=O) groups is 2. The Morgan fingerprint density at radius 1 is 1.18 bits per heavy atom. The quantitative estimate of drug-likeness (QED) is 0.165. The maximum atomic E-state index is 11.6. The molecule has 1 aliphatic rings. The minimum atomic E-state index is -1.27. The van der Waals surface area contributed by atoms with Crippen molar-refractivity contribution in [1.82, 2.24) is 24.4 Å². The number of primary amides is 1. The Morgan fingerprint density at radius 2 is 1.95 bits per heavy atom. The van der Waals surface area contributed by atoms with E-state index in [4.69, 9.17) is 21.9 Å². The number of nitrogen functional groups attached to an aromatic ring is 1. The molecule has 1 aliphatic heterocycles. The van der Waals surface area contributed by atoms with Gasteiger partial charge >= 0.3 is 5.97 Å². The van der Waals surface area contributed by atoms with Crippen LogP contribution in [0, 0.1) is 6.92 Å². The van der Waals surface area contributed by atoms with Crippen LogP contribution in [-0.4, -0.2) is 95.6 Å². The number of carbonyl (C=O) groups excluding carboxylic acids is 1. The van der Waals surface area contributed by atoms with Crippen molar-refractivity contribution < 1.29 is 29.6 Å². The molecule has 1 amide bonds. The van der Waals surface area contributed by atoms with Gasteiger partial charge in [-0.25, -0.2) is 15.0 Å². The summed E-state index contributed by atoms with van der Waals surface area (Å²) < 4.78 is 7.57. The van der Waals surface area contributed by atoms with Gasteiger partial charge in [-0.05, 0) is 56.0 Å². The van der Waals surface area contributed by atoms with E-state index in [0.717, 1.165) is 11.1 Å². The first-order valence-electron chi connectivity index (χ1n) is 12.6. The molecule has 1 aromatic carbocycles. The van der Waals surface area contributed by atoms with Crippen molar-refractivity contribution in [3.63, 3.8) is 0 Å². The van der Waals surface area contributed by atoms with E-state index in [2.05, 4.69) is 15.0 Å². The molecule has 210 valence electrons. The smallest absolute Gasteiger partial charge is 0.320 e. The first-order valence-corrected chi connectivity index (χ1v) is 12.6. The number of imidazole rings is 1. The van der Waals surface area contributed by atoms with Crippen molar-refractivity contribution in [1.29, 1.82) is 0 Å². The van der Waals surface area contributed by atoms with Gasteiger partial charge < -0.3 is 42.2 Å². The molecular formula is C25H34N8O6. The third-order valence-corrected chi connectivity index (χ3v) is 7.06. The van der Waals surface area contributed by atoms with Crippen molar-refractivity contribution >= 4 is 28.9 Å². The number of hydrogen-bond acceptors (Lipinski definition) is 11. The Morgan fingerprint density at radius 3 is 2.67 bits per heavy atom. The van der Waals surface area contributed by atoms with E-state index in [1.165, 1.54) is 17.2 Å². The minimum absolute atomic E-state index is 0.181. The highest BCUT2D eigenvalue weighted by Crippen LogP contribution is 2.32. The third-order valence-electron chi connectivity index (χ3n) is 7.06. The number of aliphatic hydroxyl groups is 2. The summed E-state index contributed by atoms with van der Waals surface area (Å²) in [5.74, 6) is -1.42. The molecule has 3 heterocycles. The first kappa shape index (κ1) is 28.3. The predicted octanol–water partition coefficient (Wildman–Crippen LogP) is -0.828. The molecule has 0 unspecified atom stereocenters. The molecule has 3 aromatic rings. The van der Waals surface area contributed by atoms with Gasteiger partial charge in [0.15, 0.2) is 17.7 Å². The second kappa shape index (κ2) is 12.0. The van der Waals surface area contributed by atoms with Gasteiger partial charge in [-0.2, -0.15) is 0 Å². The van der Waals surface area contributed by atoms with Crippen molar-refractivity contribution in [3.8, 4) is 0 Å². The first-order chi connectivity index (χ1) is 18.6. The zero-order chi connectivity index (χ0) is 28.3. The van der Waals surface area contributed by atoms with Crippen LogP contribution in [0.2, 0.25) is 0 Å². The number of rotatable bonds is 12. The maximum Gasteiger partial charge on any atom is 0.320 e. The summed E-state index contributed by atoms with van der Waals surface area (Å²) >= 11 is 0. The van der Waals surface area contributed by atoms with E-state index in [1.807, 2.05) is 17.9 Å². The second-order valence-electron chi connectivity index (χ2n) is 9.77. The number of hydrogen-bond donors (Lipinski definition) is 6. The third kappa shape index (κ3) is 6.32. The lowest BCUT2D eigenvalue weighted by molar-refractivity contribution is -0.138. The molecule has 0 aliphatic carbocycles. The largest absolute Gasteiger partial charge is 0.480 e. The summed E-state index contributed by atoms with van der Waals surface area (Å²) in [6.45, 7) is 3.02. The van der Waals surface area contributed by atoms with Crippen LogP contribution in [0.15, 0.2) is 30.9 Å². The Bertz CT molecular complexity index is 1330. The molecule has 1 fully saturated rings. The molecule has 0 spiro atoms. The van der Waals surface area contributed by atoms with Crippen LogP contribution >= 0.6 is 0 Å².